The molecule has 0 saturated carbocycles. The van der Waals surface area contributed by atoms with Crippen molar-refractivity contribution in [1.82, 2.24) is 0 Å². The third-order valence-electron chi connectivity index (χ3n) is 2.69. The molecular weight excluding hydrogens is 359 g/mol. The molecule has 4 nitrogen and oxygen atoms in total. The molecule has 5 heteroatoms. The molecule has 0 bridgehead atoms. The van der Waals surface area contributed by atoms with Gasteiger partial charge in [-0.15, -0.1) is 0 Å². The molecule has 2 aromatic rings. The summed E-state index contributed by atoms with van der Waals surface area (Å²) in [5.41, 5.74) is 0.506. The number of rotatable bonds is 0. The van der Waals surface area contributed by atoms with Crippen LogP contribution in [0.1, 0.15) is 20.7 Å². The van der Waals surface area contributed by atoms with Crippen molar-refractivity contribution in [3.8, 4) is 11.5 Å². The van der Waals surface area contributed by atoms with Gasteiger partial charge in [0.2, 0.25) is 0 Å². The SMILES string of the molecule is O=C1Oc2cccc(I)c2C(=O)Oc2ccccc21. The van der Waals surface area contributed by atoms with Crippen LogP contribution in [0.3, 0.4) is 0 Å². The van der Waals surface area contributed by atoms with Crippen molar-refractivity contribution in [2.45, 2.75) is 0 Å². The highest BCUT2D eigenvalue weighted by Crippen LogP contribution is 2.30. The largest absolute Gasteiger partial charge is 0.422 e. The lowest BCUT2D eigenvalue weighted by atomic mass is 10.1. The summed E-state index contributed by atoms with van der Waals surface area (Å²) in [6.07, 6.45) is 0. The van der Waals surface area contributed by atoms with Gasteiger partial charge in [0, 0.05) is 3.57 Å². The molecule has 1 aliphatic heterocycles. The molecule has 19 heavy (non-hydrogen) atoms. The van der Waals surface area contributed by atoms with E-state index in [9.17, 15) is 9.59 Å². The molecule has 0 aliphatic carbocycles. The average Bonchev–Trinajstić information content (AvgIpc) is 2.37. The zero-order chi connectivity index (χ0) is 13.4. The highest BCUT2D eigenvalue weighted by Gasteiger charge is 2.26. The summed E-state index contributed by atoms with van der Waals surface area (Å²) in [7, 11) is 0. The predicted octanol–water partition coefficient (Wildman–Crippen LogP) is 3.04. The molecule has 0 saturated heterocycles. The van der Waals surface area contributed by atoms with Crippen molar-refractivity contribution in [2.24, 2.45) is 0 Å². The zero-order valence-electron chi connectivity index (χ0n) is 9.55. The quantitative estimate of drug-likeness (QED) is 0.409. The minimum absolute atomic E-state index is 0.211. The van der Waals surface area contributed by atoms with Gasteiger partial charge >= 0.3 is 11.9 Å². The lowest BCUT2D eigenvalue weighted by molar-refractivity contribution is 0.0667. The first-order chi connectivity index (χ1) is 9.16. The molecule has 2 aromatic carbocycles. The topological polar surface area (TPSA) is 52.6 Å². The van der Waals surface area contributed by atoms with Crippen LogP contribution in [0.5, 0.6) is 11.5 Å². The van der Waals surface area contributed by atoms with E-state index in [1.165, 1.54) is 0 Å². The van der Waals surface area contributed by atoms with E-state index < -0.39 is 11.9 Å². The van der Waals surface area contributed by atoms with Crippen LogP contribution in [-0.4, -0.2) is 11.9 Å². The molecule has 3 rings (SSSR count). The number of fused-ring (bicyclic) bond motifs is 2. The Balaban J connectivity index is 2.18. The van der Waals surface area contributed by atoms with E-state index in [0.717, 1.165) is 0 Å². The minimum atomic E-state index is -0.536. The van der Waals surface area contributed by atoms with Gasteiger partial charge in [0.25, 0.3) is 0 Å². The molecule has 0 unspecified atom stereocenters. The van der Waals surface area contributed by atoms with Gasteiger partial charge in [0.05, 0.1) is 0 Å². The van der Waals surface area contributed by atoms with Gasteiger partial charge in [-0.1, -0.05) is 18.2 Å². The maximum Gasteiger partial charge on any atom is 0.348 e. The number of para-hydroxylation sites is 1. The molecule has 0 N–H and O–H groups in total. The van der Waals surface area contributed by atoms with Crippen molar-refractivity contribution >= 4 is 34.5 Å². The molecule has 1 heterocycles. The first-order valence-electron chi connectivity index (χ1n) is 5.49. The van der Waals surface area contributed by atoms with Crippen molar-refractivity contribution in [1.29, 1.82) is 0 Å². The van der Waals surface area contributed by atoms with Crippen LogP contribution in [-0.2, 0) is 0 Å². The molecule has 94 valence electrons. The van der Waals surface area contributed by atoms with E-state index in [4.69, 9.17) is 9.47 Å². The zero-order valence-corrected chi connectivity index (χ0v) is 11.7. The highest BCUT2D eigenvalue weighted by molar-refractivity contribution is 14.1. The molecule has 0 radical (unpaired) electrons. The summed E-state index contributed by atoms with van der Waals surface area (Å²) in [4.78, 5) is 24.2. The maximum atomic E-state index is 12.1. The third kappa shape index (κ3) is 2.10. The van der Waals surface area contributed by atoms with Crippen LogP contribution in [0.4, 0.5) is 0 Å². The fourth-order valence-electron chi connectivity index (χ4n) is 1.82. The van der Waals surface area contributed by atoms with E-state index in [-0.39, 0.29) is 22.6 Å². The molecule has 0 atom stereocenters. The van der Waals surface area contributed by atoms with E-state index in [1.807, 2.05) is 22.6 Å². The van der Waals surface area contributed by atoms with Gasteiger partial charge in [0.15, 0.2) is 0 Å². The van der Waals surface area contributed by atoms with Crippen molar-refractivity contribution < 1.29 is 19.1 Å². The number of esters is 2. The highest BCUT2D eigenvalue weighted by atomic mass is 127. The molecule has 0 spiro atoms. The Hall–Kier alpha value is -1.89. The van der Waals surface area contributed by atoms with E-state index in [1.54, 1.807) is 42.5 Å². The average molecular weight is 366 g/mol. The van der Waals surface area contributed by atoms with E-state index in [0.29, 0.717) is 3.57 Å². The lowest BCUT2D eigenvalue weighted by Crippen LogP contribution is -2.21. The Bertz CT molecular complexity index is 694. The number of hydrogen-bond acceptors (Lipinski definition) is 4. The van der Waals surface area contributed by atoms with Crippen LogP contribution >= 0.6 is 22.6 Å². The van der Waals surface area contributed by atoms with Gasteiger partial charge in [-0.3, -0.25) is 0 Å². The Kier molecular flexibility index (Phi) is 2.98. The number of ether oxygens (including phenoxy) is 2. The molecule has 1 aliphatic rings. The monoisotopic (exact) mass is 366 g/mol. The fourth-order valence-corrected chi connectivity index (χ4v) is 2.51. The van der Waals surface area contributed by atoms with E-state index in [2.05, 4.69) is 0 Å². The van der Waals surface area contributed by atoms with Crippen LogP contribution in [0.25, 0.3) is 0 Å². The number of hydrogen-bond donors (Lipinski definition) is 0. The number of carbonyl (C=O) groups excluding carboxylic acids is 2. The normalized spacial score (nSPS) is 13.5. The summed E-state index contributed by atoms with van der Waals surface area (Å²) in [5.74, 6) is -0.634. The summed E-state index contributed by atoms with van der Waals surface area (Å²) < 4.78 is 11.2. The predicted molar refractivity (Wildman–Crippen MR) is 75.5 cm³/mol. The number of carbonyl (C=O) groups is 2. The second-order valence-electron chi connectivity index (χ2n) is 3.89. The Morgan fingerprint density at radius 1 is 0.789 bits per heavy atom. The van der Waals surface area contributed by atoms with E-state index >= 15 is 0 Å². The Labute approximate surface area is 122 Å². The summed E-state index contributed by atoms with van der Waals surface area (Å²) in [6.45, 7) is 0. The minimum Gasteiger partial charge on any atom is -0.422 e. The van der Waals surface area contributed by atoms with Crippen LogP contribution in [0.2, 0.25) is 0 Å². The Morgan fingerprint density at radius 3 is 2.32 bits per heavy atom. The summed E-state index contributed by atoms with van der Waals surface area (Å²) in [6, 6.07) is 11.5. The van der Waals surface area contributed by atoms with Crippen molar-refractivity contribution in [3.05, 3.63) is 57.2 Å². The van der Waals surface area contributed by atoms with Crippen molar-refractivity contribution in [3.63, 3.8) is 0 Å². The van der Waals surface area contributed by atoms with Gasteiger partial charge in [-0.05, 0) is 46.9 Å². The number of benzene rings is 2. The summed E-state index contributed by atoms with van der Waals surface area (Å²) >= 11 is 2.00. The van der Waals surface area contributed by atoms with Crippen molar-refractivity contribution in [2.75, 3.05) is 0 Å². The van der Waals surface area contributed by atoms with Crippen LogP contribution in [0, 0.1) is 3.57 Å². The van der Waals surface area contributed by atoms with Gasteiger partial charge < -0.3 is 9.47 Å². The Morgan fingerprint density at radius 2 is 1.47 bits per heavy atom. The smallest absolute Gasteiger partial charge is 0.348 e. The number of halogens is 1. The van der Waals surface area contributed by atoms with Gasteiger partial charge in [0.1, 0.15) is 22.6 Å². The first kappa shape index (κ1) is 12.2. The van der Waals surface area contributed by atoms with Crippen LogP contribution in [0.15, 0.2) is 42.5 Å². The molecular formula is C14H7IO4. The second kappa shape index (κ2) is 4.65. The van der Waals surface area contributed by atoms with Crippen LogP contribution < -0.4 is 9.47 Å². The van der Waals surface area contributed by atoms with Gasteiger partial charge in [-0.25, -0.2) is 9.59 Å². The lowest BCUT2D eigenvalue weighted by Gasteiger charge is -2.16. The molecule has 0 aromatic heterocycles. The second-order valence-corrected chi connectivity index (χ2v) is 5.05. The fraction of sp³-hybridized carbons (Fsp3) is 0. The first-order valence-corrected chi connectivity index (χ1v) is 6.56. The molecule has 0 amide bonds. The molecule has 0 fully saturated rings. The standard InChI is InChI=1S/C14H7IO4/c15-9-5-3-7-11-12(9)14(17)18-10-6-2-1-4-8(10)13(16)19-11/h1-7H. The maximum absolute atomic E-state index is 12.1. The van der Waals surface area contributed by atoms with Gasteiger partial charge in [-0.2, -0.15) is 0 Å². The third-order valence-corrected chi connectivity index (χ3v) is 3.59. The summed E-state index contributed by atoms with van der Waals surface area (Å²) in [5, 5.41) is 0.